The predicted molar refractivity (Wildman–Crippen MR) is 70.7 cm³/mol. The molecule has 102 valence electrons. The first-order valence-corrected chi connectivity index (χ1v) is 8.29. The van der Waals surface area contributed by atoms with Crippen LogP contribution in [0.2, 0.25) is 0 Å². The van der Waals surface area contributed by atoms with Crippen LogP contribution >= 0.6 is 0 Å². The molecule has 0 heterocycles. The van der Waals surface area contributed by atoms with Crippen molar-refractivity contribution in [1.82, 2.24) is 0 Å². The molecule has 1 rings (SSSR count). The number of aliphatic hydroxyl groups is 1. The third-order valence-corrected chi connectivity index (χ3v) is 4.46. The van der Waals surface area contributed by atoms with Crippen molar-refractivity contribution in [1.29, 1.82) is 0 Å². The second kappa shape index (κ2) is 4.23. The molecule has 0 aliphatic heterocycles. The van der Waals surface area contributed by atoms with E-state index in [9.17, 15) is 13.5 Å². The summed E-state index contributed by atoms with van der Waals surface area (Å²) in [5.74, 6) is 0.0790. The highest BCUT2D eigenvalue weighted by Gasteiger charge is 2.46. The second-order valence-corrected chi connectivity index (χ2v) is 9.72. The van der Waals surface area contributed by atoms with Crippen molar-refractivity contribution < 1.29 is 13.5 Å². The van der Waals surface area contributed by atoms with Gasteiger partial charge >= 0.3 is 0 Å². The molecule has 1 N–H and O–H groups in total. The van der Waals surface area contributed by atoms with Gasteiger partial charge in [0.15, 0.2) is 0 Å². The lowest BCUT2D eigenvalue weighted by atomic mass is 9.59. The maximum absolute atomic E-state index is 11.2. The molecular weight excluding hydrogens is 236 g/mol. The molecule has 0 atom stereocenters. The molecule has 0 spiro atoms. The smallest absolute Gasteiger partial charge is 0.147 e. The van der Waals surface area contributed by atoms with Crippen LogP contribution in [-0.4, -0.2) is 31.1 Å². The highest BCUT2D eigenvalue weighted by molar-refractivity contribution is 7.90. The van der Waals surface area contributed by atoms with Gasteiger partial charge in [0.25, 0.3) is 0 Å². The SMILES string of the molecule is CC1(C)CC(C)(C)CC(O)(CCS(C)(=O)=O)C1. The van der Waals surface area contributed by atoms with Crippen LogP contribution in [0.15, 0.2) is 0 Å². The van der Waals surface area contributed by atoms with Crippen LogP contribution in [0.3, 0.4) is 0 Å². The molecule has 3 nitrogen and oxygen atoms in total. The van der Waals surface area contributed by atoms with E-state index in [1.165, 1.54) is 6.26 Å². The zero-order chi connectivity index (χ0) is 13.5. The molecule has 1 fully saturated rings. The highest BCUT2D eigenvalue weighted by Crippen LogP contribution is 2.51. The molecule has 4 heteroatoms. The van der Waals surface area contributed by atoms with Gasteiger partial charge in [0.2, 0.25) is 0 Å². The maximum atomic E-state index is 11.2. The molecule has 0 saturated heterocycles. The molecule has 1 aliphatic carbocycles. The number of hydrogen-bond donors (Lipinski definition) is 1. The van der Waals surface area contributed by atoms with E-state index in [-0.39, 0.29) is 16.6 Å². The molecule has 0 bridgehead atoms. The molecule has 0 radical (unpaired) electrons. The Balaban J connectivity index is 2.81. The van der Waals surface area contributed by atoms with Gasteiger partial charge < -0.3 is 5.11 Å². The minimum absolute atomic E-state index is 0.0774. The molecule has 0 aromatic carbocycles. The lowest BCUT2D eigenvalue weighted by Gasteiger charge is -2.49. The monoisotopic (exact) mass is 262 g/mol. The van der Waals surface area contributed by atoms with E-state index >= 15 is 0 Å². The molecule has 0 unspecified atom stereocenters. The van der Waals surface area contributed by atoms with Gasteiger partial charge in [-0.05, 0) is 36.5 Å². The van der Waals surface area contributed by atoms with Gasteiger partial charge in [-0.25, -0.2) is 8.42 Å². The first-order valence-electron chi connectivity index (χ1n) is 6.23. The summed E-state index contributed by atoms with van der Waals surface area (Å²) in [6.07, 6.45) is 4.05. The topological polar surface area (TPSA) is 54.4 Å². The molecule has 1 saturated carbocycles. The quantitative estimate of drug-likeness (QED) is 0.849. The fourth-order valence-electron chi connectivity index (χ4n) is 3.82. The summed E-state index contributed by atoms with van der Waals surface area (Å²) < 4.78 is 22.5. The number of hydrogen-bond acceptors (Lipinski definition) is 3. The zero-order valence-electron chi connectivity index (χ0n) is 11.7. The molecule has 0 amide bonds. The Kier molecular flexibility index (Phi) is 3.73. The second-order valence-electron chi connectivity index (χ2n) is 7.46. The summed E-state index contributed by atoms with van der Waals surface area (Å²) in [5.41, 5.74) is -0.670. The van der Waals surface area contributed by atoms with Crippen molar-refractivity contribution in [3.63, 3.8) is 0 Å². The van der Waals surface area contributed by atoms with Gasteiger partial charge in [-0.15, -0.1) is 0 Å². The van der Waals surface area contributed by atoms with Gasteiger partial charge in [-0.2, -0.15) is 0 Å². The van der Waals surface area contributed by atoms with E-state index < -0.39 is 15.4 Å². The zero-order valence-corrected chi connectivity index (χ0v) is 12.5. The van der Waals surface area contributed by atoms with Crippen LogP contribution in [0.25, 0.3) is 0 Å². The fraction of sp³-hybridized carbons (Fsp3) is 1.00. The van der Waals surface area contributed by atoms with Gasteiger partial charge in [-0.3, -0.25) is 0 Å². The van der Waals surface area contributed by atoms with E-state index in [2.05, 4.69) is 27.7 Å². The lowest BCUT2D eigenvalue weighted by Crippen LogP contribution is -2.46. The average molecular weight is 262 g/mol. The van der Waals surface area contributed by atoms with Gasteiger partial charge in [-0.1, -0.05) is 27.7 Å². The third-order valence-electron chi connectivity index (χ3n) is 3.51. The van der Waals surface area contributed by atoms with Crippen LogP contribution in [0.4, 0.5) is 0 Å². The summed E-state index contributed by atoms with van der Waals surface area (Å²) in [7, 11) is -3.00. The molecule has 1 aliphatic rings. The third kappa shape index (κ3) is 4.96. The largest absolute Gasteiger partial charge is 0.390 e. The summed E-state index contributed by atoms with van der Waals surface area (Å²) >= 11 is 0. The minimum Gasteiger partial charge on any atom is -0.390 e. The van der Waals surface area contributed by atoms with Crippen LogP contribution in [0.1, 0.15) is 53.4 Å². The van der Waals surface area contributed by atoms with E-state index in [1.807, 2.05) is 0 Å². The number of rotatable bonds is 3. The van der Waals surface area contributed by atoms with Crippen LogP contribution in [-0.2, 0) is 9.84 Å². The Morgan fingerprint density at radius 3 is 1.76 bits per heavy atom. The average Bonchev–Trinajstić information content (AvgIpc) is 1.92. The highest BCUT2D eigenvalue weighted by atomic mass is 32.2. The summed E-state index contributed by atoms with van der Waals surface area (Å²) in [6, 6.07) is 0. The van der Waals surface area contributed by atoms with Gasteiger partial charge in [0.1, 0.15) is 9.84 Å². The Hall–Kier alpha value is -0.0900. The standard InChI is InChI=1S/C13H26O3S/c1-11(2)8-12(3,4)10-13(14,9-11)6-7-17(5,15)16/h14H,6-10H2,1-5H3. The molecule has 0 aromatic rings. The normalized spacial score (nSPS) is 26.7. The van der Waals surface area contributed by atoms with Crippen LogP contribution in [0.5, 0.6) is 0 Å². The predicted octanol–water partition coefficient (Wildman–Crippen LogP) is 2.39. The van der Waals surface area contributed by atoms with Crippen molar-refractivity contribution in [2.45, 2.75) is 59.0 Å². The first-order chi connectivity index (χ1) is 7.33. The van der Waals surface area contributed by atoms with Crippen LogP contribution in [0, 0.1) is 10.8 Å². The summed E-state index contributed by atoms with van der Waals surface area (Å²) in [5, 5.41) is 10.6. The van der Waals surface area contributed by atoms with Crippen molar-refractivity contribution in [2.24, 2.45) is 10.8 Å². The van der Waals surface area contributed by atoms with E-state index in [0.717, 1.165) is 6.42 Å². The van der Waals surface area contributed by atoms with Crippen molar-refractivity contribution in [2.75, 3.05) is 12.0 Å². The van der Waals surface area contributed by atoms with E-state index in [4.69, 9.17) is 0 Å². The van der Waals surface area contributed by atoms with Crippen molar-refractivity contribution in [3.8, 4) is 0 Å². The van der Waals surface area contributed by atoms with Crippen molar-refractivity contribution in [3.05, 3.63) is 0 Å². The Morgan fingerprint density at radius 1 is 1.00 bits per heavy atom. The Bertz CT molecular complexity index is 363. The molecule has 0 aromatic heterocycles. The lowest BCUT2D eigenvalue weighted by molar-refractivity contribution is -0.0871. The Labute approximate surface area is 106 Å². The van der Waals surface area contributed by atoms with E-state index in [0.29, 0.717) is 19.3 Å². The van der Waals surface area contributed by atoms with E-state index in [1.54, 1.807) is 0 Å². The van der Waals surface area contributed by atoms with Gasteiger partial charge in [0, 0.05) is 6.26 Å². The molecule has 17 heavy (non-hydrogen) atoms. The first kappa shape index (κ1) is 15.0. The van der Waals surface area contributed by atoms with Crippen molar-refractivity contribution >= 4 is 9.84 Å². The van der Waals surface area contributed by atoms with Gasteiger partial charge in [0.05, 0.1) is 11.4 Å². The summed E-state index contributed by atoms with van der Waals surface area (Å²) in [4.78, 5) is 0. The van der Waals surface area contributed by atoms with Crippen LogP contribution < -0.4 is 0 Å². The Morgan fingerprint density at radius 2 is 1.41 bits per heavy atom. The maximum Gasteiger partial charge on any atom is 0.147 e. The summed E-state index contributed by atoms with van der Waals surface area (Å²) in [6.45, 7) is 8.61. The number of sulfone groups is 1. The minimum atomic E-state index is -3.00. The molecular formula is C13H26O3S. The fourth-order valence-corrected chi connectivity index (χ4v) is 4.57.